The summed E-state index contributed by atoms with van der Waals surface area (Å²) in [6, 6.07) is 0. The van der Waals surface area contributed by atoms with E-state index in [4.69, 9.17) is 4.84 Å². The molecule has 2 nitrogen and oxygen atoms in total. The molecule has 11 heavy (non-hydrogen) atoms. The maximum Gasteiger partial charge on any atom is 0.141 e. The van der Waals surface area contributed by atoms with Gasteiger partial charge < -0.3 is 4.84 Å². The first-order chi connectivity index (χ1) is 5.06. The second-order valence-corrected chi connectivity index (χ2v) is 3.65. The van der Waals surface area contributed by atoms with Gasteiger partial charge in [0.2, 0.25) is 0 Å². The van der Waals surface area contributed by atoms with Gasteiger partial charge in [0, 0.05) is 11.8 Å². The Hall–Kier alpha value is -0.790. The van der Waals surface area contributed by atoms with E-state index in [1.165, 1.54) is 0 Å². The zero-order valence-corrected chi connectivity index (χ0v) is 7.42. The molecule has 62 valence electrons. The number of oxime groups is 1. The summed E-state index contributed by atoms with van der Waals surface area (Å²) >= 11 is 0. The van der Waals surface area contributed by atoms with Gasteiger partial charge in [-0.1, -0.05) is 25.1 Å². The third-order valence-corrected chi connectivity index (χ3v) is 2.17. The number of hydrogen-bond acceptors (Lipinski definition) is 2. The predicted molar refractivity (Wildman–Crippen MR) is 46.6 cm³/mol. The molecule has 1 atom stereocenters. The van der Waals surface area contributed by atoms with E-state index in [2.05, 4.69) is 25.6 Å². The van der Waals surface area contributed by atoms with Crippen LogP contribution in [0.2, 0.25) is 0 Å². The summed E-state index contributed by atoms with van der Waals surface area (Å²) in [5, 5.41) is 3.90. The smallest absolute Gasteiger partial charge is 0.141 e. The van der Waals surface area contributed by atoms with Gasteiger partial charge in [0.25, 0.3) is 0 Å². The monoisotopic (exact) mass is 153 g/mol. The Balaban J connectivity index is 2.59. The molecule has 0 saturated heterocycles. The van der Waals surface area contributed by atoms with Crippen molar-refractivity contribution in [3.05, 3.63) is 12.7 Å². The zero-order valence-electron chi connectivity index (χ0n) is 7.42. The molecule has 0 bridgehead atoms. The van der Waals surface area contributed by atoms with Crippen LogP contribution in [0.15, 0.2) is 17.8 Å². The van der Waals surface area contributed by atoms with Gasteiger partial charge >= 0.3 is 0 Å². The Kier molecular flexibility index (Phi) is 2.03. The lowest BCUT2D eigenvalue weighted by Crippen LogP contribution is -2.26. The Morgan fingerprint density at radius 1 is 1.73 bits per heavy atom. The highest BCUT2D eigenvalue weighted by Gasteiger charge is 2.32. The summed E-state index contributed by atoms with van der Waals surface area (Å²) in [6.45, 7) is 9.98. The number of rotatable bonds is 2. The molecule has 0 aromatic heterocycles. The quantitative estimate of drug-likeness (QED) is 0.558. The molecule has 1 rings (SSSR count). The van der Waals surface area contributed by atoms with Crippen LogP contribution in [0.4, 0.5) is 0 Å². The van der Waals surface area contributed by atoms with Crippen molar-refractivity contribution in [1.29, 1.82) is 0 Å². The Morgan fingerprint density at radius 2 is 2.36 bits per heavy atom. The van der Waals surface area contributed by atoms with Crippen LogP contribution < -0.4 is 0 Å². The van der Waals surface area contributed by atoms with E-state index in [9.17, 15) is 0 Å². The minimum absolute atomic E-state index is 0.0290. The Labute approximate surface area is 67.9 Å². The standard InChI is InChI=1S/C9H15NO/c1-5-9(3,4)8-6-7(2)10-11-8/h5,8H,1,6H2,2-4H3. The van der Waals surface area contributed by atoms with Gasteiger partial charge in [-0.05, 0) is 6.92 Å². The van der Waals surface area contributed by atoms with E-state index in [0.29, 0.717) is 0 Å². The lowest BCUT2D eigenvalue weighted by Gasteiger charge is -2.25. The highest BCUT2D eigenvalue weighted by molar-refractivity contribution is 5.82. The van der Waals surface area contributed by atoms with Crippen LogP contribution in [-0.2, 0) is 4.84 Å². The SMILES string of the molecule is C=CC(C)(C)C1CC(C)=NO1. The van der Waals surface area contributed by atoms with Crippen LogP contribution >= 0.6 is 0 Å². The van der Waals surface area contributed by atoms with E-state index in [1.54, 1.807) is 0 Å². The molecule has 1 unspecified atom stereocenters. The highest BCUT2D eigenvalue weighted by Crippen LogP contribution is 2.30. The lowest BCUT2D eigenvalue weighted by molar-refractivity contribution is 0.0218. The molecule has 0 N–H and O–H groups in total. The maximum absolute atomic E-state index is 5.24. The van der Waals surface area contributed by atoms with Crippen LogP contribution in [0.3, 0.4) is 0 Å². The maximum atomic E-state index is 5.24. The molecule has 0 fully saturated rings. The summed E-state index contributed by atoms with van der Waals surface area (Å²) in [5.41, 5.74) is 1.10. The molecule has 0 aromatic rings. The lowest BCUT2D eigenvalue weighted by atomic mass is 9.84. The largest absolute Gasteiger partial charge is 0.391 e. The minimum Gasteiger partial charge on any atom is -0.391 e. The van der Waals surface area contributed by atoms with Crippen molar-refractivity contribution in [2.45, 2.75) is 33.3 Å². The van der Waals surface area contributed by atoms with Gasteiger partial charge in [-0.2, -0.15) is 0 Å². The molecule has 1 aliphatic rings. The summed E-state index contributed by atoms with van der Waals surface area (Å²) < 4.78 is 0. The van der Waals surface area contributed by atoms with Gasteiger partial charge in [0.05, 0.1) is 5.71 Å². The molecule has 0 radical (unpaired) electrons. The van der Waals surface area contributed by atoms with Crippen molar-refractivity contribution in [2.75, 3.05) is 0 Å². The van der Waals surface area contributed by atoms with Crippen LogP contribution in [0.5, 0.6) is 0 Å². The van der Waals surface area contributed by atoms with Gasteiger partial charge in [-0.15, -0.1) is 6.58 Å². The topological polar surface area (TPSA) is 21.6 Å². The molecule has 1 aliphatic heterocycles. The molecule has 0 aromatic carbocycles. The fraction of sp³-hybridized carbons (Fsp3) is 0.667. The molecule has 2 heteroatoms. The minimum atomic E-state index is 0.0290. The third-order valence-electron chi connectivity index (χ3n) is 2.17. The molecule has 0 saturated carbocycles. The summed E-state index contributed by atoms with van der Waals surface area (Å²) in [6.07, 6.45) is 3.03. The van der Waals surface area contributed by atoms with Crippen LogP contribution in [0.25, 0.3) is 0 Å². The third kappa shape index (κ3) is 1.62. The van der Waals surface area contributed by atoms with Gasteiger partial charge in [-0.25, -0.2) is 0 Å². The fourth-order valence-corrected chi connectivity index (χ4v) is 1.03. The van der Waals surface area contributed by atoms with Crippen molar-refractivity contribution < 1.29 is 4.84 Å². The summed E-state index contributed by atoms with van der Waals surface area (Å²) in [7, 11) is 0. The fourth-order valence-electron chi connectivity index (χ4n) is 1.03. The second kappa shape index (κ2) is 2.68. The normalized spacial score (nSPS) is 24.3. The van der Waals surface area contributed by atoms with Gasteiger partial charge in [0.1, 0.15) is 6.10 Å². The number of hydrogen-bond donors (Lipinski definition) is 0. The molecule has 0 aliphatic carbocycles. The van der Waals surface area contributed by atoms with E-state index in [-0.39, 0.29) is 11.5 Å². The highest BCUT2D eigenvalue weighted by atomic mass is 16.6. The summed E-state index contributed by atoms with van der Waals surface area (Å²) in [4.78, 5) is 5.24. The average molecular weight is 153 g/mol. The van der Waals surface area contributed by atoms with E-state index in [1.807, 2.05) is 13.0 Å². The van der Waals surface area contributed by atoms with Crippen molar-refractivity contribution in [3.63, 3.8) is 0 Å². The van der Waals surface area contributed by atoms with Crippen molar-refractivity contribution in [1.82, 2.24) is 0 Å². The van der Waals surface area contributed by atoms with Crippen LogP contribution in [0, 0.1) is 5.41 Å². The van der Waals surface area contributed by atoms with Crippen LogP contribution in [-0.4, -0.2) is 11.8 Å². The first-order valence-electron chi connectivity index (χ1n) is 3.89. The Bertz CT molecular complexity index is 194. The van der Waals surface area contributed by atoms with Gasteiger partial charge in [-0.3, -0.25) is 0 Å². The first kappa shape index (κ1) is 8.31. The number of nitrogens with zero attached hydrogens (tertiary/aromatic N) is 1. The van der Waals surface area contributed by atoms with Crippen molar-refractivity contribution in [2.24, 2.45) is 10.6 Å². The second-order valence-electron chi connectivity index (χ2n) is 3.65. The Morgan fingerprint density at radius 3 is 2.73 bits per heavy atom. The zero-order chi connectivity index (χ0) is 8.48. The molecule has 0 spiro atoms. The predicted octanol–water partition coefficient (Wildman–Crippen LogP) is 2.36. The molecular formula is C9H15NO. The first-order valence-corrected chi connectivity index (χ1v) is 3.89. The molecule has 1 heterocycles. The van der Waals surface area contributed by atoms with E-state index >= 15 is 0 Å². The molecule has 0 amide bonds. The van der Waals surface area contributed by atoms with Gasteiger partial charge in [0.15, 0.2) is 0 Å². The summed E-state index contributed by atoms with van der Waals surface area (Å²) in [5.74, 6) is 0. The van der Waals surface area contributed by atoms with E-state index in [0.717, 1.165) is 12.1 Å². The van der Waals surface area contributed by atoms with Crippen molar-refractivity contribution >= 4 is 5.71 Å². The average Bonchev–Trinajstić information content (AvgIpc) is 2.36. The van der Waals surface area contributed by atoms with Crippen molar-refractivity contribution in [3.8, 4) is 0 Å². The van der Waals surface area contributed by atoms with E-state index < -0.39 is 0 Å². The van der Waals surface area contributed by atoms with Crippen LogP contribution in [0.1, 0.15) is 27.2 Å². The molecular weight excluding hydrogens is 138 g/mol.